The van der Waals surface area contributed by atoms with Crippen molar-refractivity contribution >= 4 is 62.5 Å². The molecule has 0 fully saturated rings. The summed E-state index contributed by atoms with van der Waals surface area (Å²) in [5.41, 5.74) is 0.587. The number of carbonyl (C=O) groups excluding carboxylic acids is 2. The van der Waals surface area contributed by atoms with Gasteiger partial charge in [0.25, 0.3) is 5.56 Å². The van der Waals surface area contributed by atoms with Crippen molar-refractivity contribution in [2.75, 3.05) is 11.1 Å². The summed E-state index contributed by atoms with van der Waals surface area (Å²) < 4.78 is 1.47. The van der Waals surface area contributed by atoms with Gasteiger partial charge in [-0.1, -0.05) is 29.4 Å². The Kier molecular flexibility index (Phi) is 6.64. The number of allylic oxidation sites excluding steroid dienone is 1. The molecule has 1 N–H and O–H groups in total. The average Bonchev–Trinajstić information content (AvgIpc) is 2.96. The van der Waals surface area contributed by atoms with Crippen LogP contribution in [0.4, 0.5) is 5.69 Å². The van der Waals surface area contributed by atoms with E-state index >= 15 is 0 Å². The van der Waals surface area contributed by atoms with E-state index in [-0.39, 0.29) is 34.1 Å². The van der Waals surface area contributed by atoms with Crippen LogP contribution in [0.2, 0.25) is 5.02 Å². The highest BCUT2D eigenvalue weighted by Crippen LogP contribution is 2.28. The molecule has 2 aromatic heterocycles. The molecule has 0 saturated carbocycles. The van der Waals surface area contributed by atoms with Gasteiger partial charge in [-0.3, -0.25) is 14.2 Å². The summed E-state index contributed by atoms with van der Waals surface area (Å²) in [5.74, 6) is -1.98. The van der Waals surface area contributed by atoms with Crippen molar-refractivity contribution in [1.29, 1.82) is 0 Å². The van der Waals surface area contributed by atoms with Crippen molar-refractivity contribution in [2.45, 2.75) is 25.5 Å². The zero-order valence-corrected chi connectivity index (χ0v) is 18.5. The summed E-state index contributed by atoms with van der Waals surface area (Å²) >= 11 is 8.40. The summed E-state index contributed by atoms with van der Waals surface area (Å²) in [6.07, 6.45) is 1.59. The summed E-state index contributed by atoms with van der Waals surface area (Å²) in [5, 5.41) is 15.0. The van der Waals surface area contributed by atoms with Gasteiger partial charge in [-0.25, -0.2) is 4.98 Å². The number of amides is 1. The quantitative estimate of drug-likeness (QED) is 0.329. The monoisotopic (exact) mass is 462 g/mol. The van der Waals surface area contributed by atoms with Crippen LogP contribution in [0, 0.1) is 13.8 Å². The Labute approximate surface area is 185 Å². The highest BCUT2D eigenvalue weighted by Gasteiger charge is 2.17. The standard InChI is InChI=1S/C20H18ClN3O4S2/c1-4-7-24-18(26)16-10(2)11(3)30-17(16)23-20(24)29-9-15(25)22-14-8-12(21)5-6-13(14)19(27)28/h4-6,8H,1,7,9H2,2-3H3,(H,22,25)(H,27,28)/p-1. The lowest BCUT2D eigenvalue weighted by atomic mass is 10.2. The average molecular weight is 463 g/mol. The van der Waals surface area contributed by atoms with Gasteiger partial charge in [0, 0.05) is 22.0 Å². The van der Waals surface area contributed by atoms with Gasteiger partial charge >= 0.3 is 0 Å². The van der Waals surface area contributed by atoms with Gasteiger partial charge in [0.05, 0.1) is 22.8 Å². The molecule has 1 amide bonds. The van der Waals surface area contributed by atoms with Crippen LogP contribution in [0.15, 0.2) is 40.8 Å². The second-order valence-electron chi connectivity index (χ2n) is 6.38. The fourth-order valence-corrected chi connectivity index (χ4v) is 4.87. The fraction of sp³-hybridized carbons (Fsp3) is 0.200. The normalized spacial score (nSPS) is 10.9. The molecule has 0 aliphatic rings. The lowest BCUT2D eigenvalue weighted by Crippen LogP contribution is -2.26. The zero-order valence-electron chi connectivity index (χ0n) is 16.2. The van der Waals surface area contributed by atoms with E-state index in [2.05, 4.69) is 16.9 Å². The SMILES string of the molecule is C=CCn1c(SCC(=O)Nc2cc(Cl)ccc2C(=O)[O-])nc2sc(C)c(C)c2c1=O. The first kappa shape index (κ1) is 22.1. The molecule has 0 aliphatic heterocycles. The number of aromatic nitrogens is 2. The number of aryl methyl sites for hydroxylation is 2. The maximum atomic E-state index is 12.9. The number of halogens is 1. The number of thiophene rings is 1. The van der Waals surface area contributed by atoms with E-state index in [0.717, 1.165) is 22.2 Å². The smallest absolute Gasteiger partial charge is 0.263 e. The first-order valence-electron chi connectivity index (χ1n) is 8.78. The van der Waals surface area contributed by atoms with Gasteiger partial charge in [0.15, 0.2) is 5.16 Å². The molecule has 0 atom stereocenters. The van der Waals surface area contributed by atoms with E-state index in [4.69, 9.17) is 11.6 Å². The van der Waals surface area contributed by atoms with Crippen molar-refractivity contribution in [3.05, 3.63) is 62.2 Å². The van der Waals surface area contributed by atoms with Crippen LogP contribution in [-0.4, -0.2) is 27.2 Å². The molecule has 0 spiro atoms. The molecule has 0 unspecified atom stereocenters. The number of carbonyl (C=O) groups is 2. The largest absolute Gasteiger partial charge is 0.545 e. The van der Waals surface area contributed by atoms with Gasteiger partial charge in [0.2, 0.25) is 5.91 Å². The molecule has 3 aromatic rings. The summed E-state index contributed by atoms with van der Waals surface area (Å²) in [6, 6.07) is 4.00. The summed E-state index contributed by atoms with van der Waals surface area (Å²) in [4.78, 5) is 42.8. The van der Waals surface area contributed by atoms with Crippen molar-refractivity contribution < 1.29 is 14.7 Å². The highest BCUT2D eigenvalue weighted by molar-refractivity contribution is 7.99. The van der Waals surface area contributed by atoms with E-state index in [9.17, 15) is 19.5 Å². The zero-order chi connectivity index (χ0) is 22.0. The third-order valence-corrected chi connectivity index (χ3v) is 6.69. The number of thioether (sulfide) groups is 1. The van der Waals surface area contributed by atoms with Crippen molar-refractivity contribution in [2.24, 2.45) is 0 Å². The summed E-state index contributed by atoms with van der Waals surface area (Å²) in [7, 11) is 0. The van der Waals surface area contributed by atoms with Crippen molar-refractivity contribution in [3.8, 4) is 0 Å². The van der Waals surface area contributed by atoms with E-state index in [1.807, 2.05) is 13.8 Å². The van der Waals surface area contributed by atoms with Gasteiger partial charge < -0.3 is 15.2 Å². The molecular formula is C20H17ClN3O4S2-. The molecule has 1 aromatic carbocycles. The molecule has 10 heteroatoms. The summed E-state index contributed by atoms with van der Waals surface area (Å²) in [6.45, 7) is 7.75. The molecular weight excluding hydrogens is 446 g/mol. The predicted molar refractivity (Wildman–Crippen MR) is 119 cm³/mol. The predicted octanol–water partition coefficient (Wildman–Crippen LogP) is 3.01. The lowest BCUT2D eigenvalue weighted by molar-refractivity contribution is -0.254. The van der Waals surface area contributed by atoms with Crippen molar-refractivity contribution in [1.82, 2.24) is 9.55 Å². The molecule has 0 saturated heterocycles. The number of hydrogen-bond acceptors (Lipinski definition) is 7. The van der Waals surface area contributed by atoms with E-state index in [0.29, 0.717) is 15.4 Å². The molecule has 30 heavy (non-hydrogen) atoms. The van der Waals surface area contributed by atoms with Gasteiger partial charge in [0.1, 0.15) is 4.83 Å². The minimum Gasteiger partial charge on any atom is -0.545 e. The van der Waals surface area contributed by atoms with E-state index < -0.39 is 11.9 Å². The number of hydrogen-bond donors (Lipinski definition) is 1. The number of benzene rings is 1. The maximum absolute atomic E-state index is 12.9. The Morgan fingerprint density at radius 1 is 1.40 bits per heavy atom. The van der Waals surface area contributed by atoms with E-state index in [1.54, 1.807) is 6.08 Å². The lowest BCUT2D eigenvalue weighted by Gasteiger charge is -2.13. The highest BCUT2D eigenvalue weighted by atomic mass is 35.5. The molecule has 156 valence electrons. The molecule has 0 bridgehead atoms. The molecule has 3 rings (SSSR count). The van der Waals surface area contributed by atoms with Crippen LogP contribution in [0.25, 0.3) is 10.2 Å². The van der Waals surface area contributed by atoms with Gasteiger partial charge in [-0.05, 0) is 37.6 Å². The molecule has 0 radical (unpaired) electrons. The van der Waals surface area contributed by atoms with Crippen LogP contribution in [0.1, 0.15) is 20.8 Å². The van der Waals surface area contributed by atoms with Crippen LogP contribution >= 0.6 is 34.7 Å². The second kappa shape index (κ2) is 9.03. The number of rotatable bonds is 7. The van der Waals surface area contributed by atoms with Gasteiger partial charge in [-0.15, -0.1) is 17.9 Å². The Bertz CT molecular complexity index is 1230. The number of nitrogens with zero attached hydrogens (tertiary/aromatic N) is 2. The fourth-order valence-electron chi connectivity index (χ4n) is 2.82. The Balaban J connectivity index is 1.87. The maximum Gasteiger partial charge on any atom is 0.263 e. The molecule has 7 nitrogen and oxygen atoms in total. The van der Waals surface area contributed by atoms with E-state index in [1.165, 1.54) is 34.1 Å². The third-order valence-electron chi connectivity index (χ3n) is 4.37. The number of nitrogens with one attached hydrogen (secondary N) is 1. The van der Waals surface area contributed by atoms with Gasteiger partial charge in [-0.2, -0.15) is 0 Å². The van der Waals surface area contributed by atoms with Crippen LogP contribution in [0.5, 0.6) is 0 Å². The van der Waals surface area contributed by atoms with Crippen LogP contribution in [-0.2, 0) is 11.3 Å². The Morgan fingerprint density at radius 3 is 2.80 bits per heavy atom. The minimum atomic E-state index is -1.43. The third kappa shape index (κ3) is 4.43. The molecule has 0 aliphatic carbocycles. The van der Waals surface area contributed by atoms with Crippen molar-refractivity contribution in [3.63, 3.8) is 0 Å². The second-order valence-corrected chi connectivity index (χ2v) is 8.96. The number of carboxylic acid groups (broad SMARTS) is 1. The first-order valence-corrected chi connectivity index (χ1v) is 11.0. The number of fused-ring (bicyclic) bond motifs is 1. The number of aromatic carboxylic acids is 1. The Morgan fingerprint density at radius 2 is 2.13 bits per heavy atom. The topological polar surface area (TPSA) is 104 Å². The first-order chi connectivity index (χ1) is 14.2. The number of anilines is 1. The number of carboxylic acids is 1. The Hall–Kier alpha value is -2.62. The van der Waals surface area contributed by atoms with Crippen LogP contribution < -0.4 is 16.0 Å². The minimum absolute atomic E-state index is 0.0458. The molecule has 2 heterocycles. The van der Waals surface area contributed by atoms with Crippen LogP contribution in [0.3, 0.4) is 0 Å².